The average Bonchev–Trinajstić information content (AvgIpc) is 2.75. The largest absolute Gasteiger partial charge is 0.454 e. The number of amides is 1. The molecule has 0 bridgehead atoms. The highest BCUT2D eigenvalue weighted by molar-refractivity contribution is 6.00. The number of carbonyl (C=O) groups is 3. The monoisotopic (exact) mass is 411 g/mol. The zero-order valence-corrected chi connectivity index (χ0v) is 17.5. The Bertz CT molecular complexity index is 946. The SMILES string of the molecule is Cc1ccc(C(=O)[C@@H](C)OC(=O)C2CCN(C(=O)c3ccc(F)cc3)CC2)cc1C. The van der Waals surface area contributed by atoms with Crippen LogP contribution < -0.4 is 0 Å². The molecule has 0 aliphatic carbocycles. The molecule has 6 heteroatoms. The van der Waals surface area contributed by atoms with Crippen LogP contribution in [0.1, 0.15) is 51.6 Å². The van der Waals surface area contributed by atoms with Gasteiger partial charge in [-0.2, -0.15) is 0 Å². The van der Waals surface area contributed by atoms with E-state index in [1.165, 1.54) is 24.3 Å². The van der Waals surface area contributed by atoms with Gasteiger partial charge in [0.05, 0.1) is 5.92 Å². The molecule has 158 valence electrons. The Morgan fingerprint density at radius 1 is 0.967 bits per heavy atom. The minimum absolute atomic E-state index is 0.180. The lowest BCUT2D eigenvalue weighted by Crippen LogP contribution is -2.41. The van der Waals surface area contributed by atoms with Crippen LogP contribution in [0, 0.1) is 25.6 Å². The molecule has 0 aromatic heterocycles. The highest BCUT2D eigenvalue weighted by atomic mass is 19.1. The lowest BCUT2D eigenvalue weighted by molar-refractivity contribution is -0.152. The van der Waals surface area contributed by atoms with Crippen LogP contribution in [0.2, 0.25) is 0 Å². The number of Topliss-reactive ketones (excluding diaryl/α,β-unsaturated/α-hetero) is 1. The fraction of sp³-hybridized carbons (Fsp3) is 0.375. The summed E-state index contributed by atoms with van der Waals surface area (Å²) in [5.41, 5.74) is 3.05. The number of benzene rings is 2. The third-order valence-electron chi connectivity index (χ3n) is 5.66. The van der Waals surface area contributed by atoms with Gasteiger partial charge in [-0.1, -0.05) is 12.1 Å². The van der Waals surface area contributed by atoms with Crippen LogP contribution in [-0.4, -0.2) is 41.8 Å². The van der Waals surface area contributed by atoms with Gasteiger partial charge in [0, 0.05) is 24.2 Å². The Morgan fingerprint density at radius 3 is 2.17 bits per heavy atom. The number of halogens is 1. The lowest BCUT2D eigenvalue weighted by atomic mass is 9.96. The minimum atomic E-state index is -0.863. The Hall–Kier alpha value is -3.02. The van der Waals surface area contributed by atoms with E-state index in [0.29, 0.717) is 37.1 Å². The van der Waals surface area contributed by atoms with Gasteiger partial charge in [-0.15, -0.1) is 0 Å². The maximum atomic E-state index is 13.0. The van der Waals surface area contributed by atoms with E-state index in [0.717, 1.165) is 11.1 Å². The van der Waals surface area contributed by atoms with Gasteiger partial charge in [0.15, 0.2) is 6.10 Å². The van der Waals surface area contributed by atoms with E-state index in [2.05, 4.69) is 0 Å². The van der Waals surface area contributed by atoms with Crippen LogP contribution in [0.25, 0.3) is 0 Å². The van der Waals surface area contributed by atoms with Crippen LogP contribution in [0.4, 0.5) is 4.39 Å². The first-order valence-electron chi connectivity index (χ1n) is 10.1. The van der Waals surface area contributed by atoms with Gasteiger partial charge >= 0.3 is 5.97 Å². The molecule has 3 rings (SSSR count). The first-order valence-corrected chi connectivity index (χ1v) is 10.1. The van der Waals surface area contributed by atoms with E-state index in [-0.39, 0.29) is 17.6 Å². The van der Waals surface area contributed by atoms with Crippen molar-refractivity contribution in [2.24, 2.45) is 5.92 Å². The van der Waals surface area contributed by atoms with Crippen LogP contribution in [0.15, 0.2) is 42.5 Å². The highest BCUT2D eigenvalue weighted by Gasteiger charge is 2.31. The summed E-state index contributed by atoms with van der Waals surface area (Å²) in [4.78, 5) is 39.3. The van der Waals surface area contributed by atoms with E-state index < -0.39 is 17.9 Å². The molecular formula is C24H26FNO4. The van der Waals surface area contributed by atoms with Gasteiger partial charge in [0.2, 0.25) is 5.78 Å². The van der Waals surface area contributed by atoms with Crippen molar-refractivity contribution in [3.63, 3.8) is 0 Å². The van der Waals surface area contributed by atoms with Gasteiger partial charge in [0.1, 0.15) is 5.82 Å². The Kier molecular flexibility index (Phi) is 6.65. The summed E-state index contributed by atoms with van der Waals surface area (Å²) in [6.45, 7) is 6.32. The van der Waals surface area contributed by atoms with E-state index in [9.17, 15) is 18.8 Å². The van der Waals surface area contributed by atoms with Crippen molar-refractivity contribution >= 4 is 17.7 Å². The molecule has 2 aromatic rings. The molecule has 1 heterocycles. The highest BCUT2D eigenvalue weighted by Crippen LogP contribution is 2.22. The number of hydrogen-bond donors (Lipinski definition) is 0. The number of ketones is 1. The summed E-state index contributed by atoms with van der Waals surface area (Å²) >= 11 is 0. The number of ether oxygens (including phenoxy) is 1. The van der Waals surface area contributed by atoms with Gasteiger partial charge in [-0.25, -0.2) is 4.39 Å². The van der Waals surface area contributed by atoms with Crippen molar-refractivity contribution in [2.75, 3.05) is 13.1 Å². The Labute approximate surface area is 175 Å². The molecule has 1 saturated heterocycles. The van der Waals surface area contributed by atoms with Gasteiger partial charge in [0.25, 0.3) is 5.91 Å². The molecule has 5 nitrogen and oxygen atoms in total. The predicted molar refractivity (Wildman–Crippen MR) is 111 cm³/mol. The summed E-state index contributed by atoms with van der Waals surface area (Å²) in [5, 5.41) is 0. The third kappa shape index (κ3) is 4.93. The Balaban J connectivity index is 1.53. The van der Waals surface area contributed by atoms with Crippen molar-refractivity contribution in [1.29, 1.82) is 0 Å². The summed E-state index contributed by atoms with van der Waals surface area (Å²) in [7, 11) is 0. The predicted octanol–water partition coefficient (Wildman–Crippen LogP) is 4.11. The molecule has 0 spiro atoms. The van der Waals surface area contributed by atoms with E-state index in [1.54, 1.807) is 17.9 Å². The van der Waals surface area contributed by atoms with Crippen LogP contribution in [0.5, 0.6) is 0 Å². The molecular weight excluding hydrogens is 385 g/mol. The molecule has 1 aliphatic heterocycles. The molecule has 0 radical (unpaired) electrons. The average molecular weight is 411 g/mol. The standard InChI is InChI=1S/C24H26FNO4/c1-15-4-5-20(14-16(15)2)22(27)17(3)30-24(29)19-10-12-26(13-11-19)23(28)18-6-8-21(25)9-7-18/h4-9,14,17,19H,10-13H2,1-3H3/t17-/m1/s1. The van der Waals surface area contributed by atoms with Crippen LogP contribution >= 0.6 is 0 Å². The Morgan fingerprint density at radius 2 is 1.57 bits per heavy atom. The lowest BCUT2D eigenvalue weighted by Gasteiger charge is -2.31. The quantitative estimate of drug-likeness (QED) is 0.549. The first-order chi connectivity index (χ1) is 14.3. The first kappa shape index (κ1) is 21.7. The number of piperidine rings is 1. The number of hydrogen-bond acceptors (Lipinski definition) is 4. The smallest absolute Gasteiger partial charge is 0.309 e. The molecule has 1 fully saturated rings. The van der Waals surface area contributed by atoms with Crippen molar-refractivity contribution in [1.82, 2.24) is 4.90 Å². The van der Waals surface area contributed by atoms with E-state index in [1.807, 2.05) is 26.0 Å². The molecule has 1 aliphatic rings. The fourth-order valence-electron chi connectivity index (χ4n) is 3.55. The van der Waals surface area contributed by atoms with Crippen LogP contribution in [-0.2, 0) is 9.53 Å². The molecule has 1 amide bonds. The zero-order valence-electron chi connectivity index (χ0n) is 17.5. The summed E-state index contributed by atoms with van der Waals surface area (Å²) in [6, 6.07) is 10.9. The molecule has 0 N–H and O–H groups in total. The van der Waals surface area contributed by atoms with E-state index >= 15 is 0 Å². The molecule has 30 heavy (non-hydrogen) atoms. The fourth-order valence-corrected chi connectivity index (χ4v) is 3.55. The van der Waals surface area contributed by atoms with Crippen molar-refractivity contribution < 1.29 is 23.5 Å². The number of aryl methyl sites for hydroxylation is 2. The topological polar surface area (TPSA) is 63.7 Å². The maximum absolute atomic E-state index is 13.0. The zero-order chi connectivity index (χ0) is 21.8. The summed E-state index contributed by atoms with van der Waals surface area (Å²) < 4.78 is 18.5. The second-order valence-corrected chi connectivity index (χ2v) is 7.82. The molecule has 2 aromatic carbocycles. The minimum Gasteiger partial charge on any atom is -0.454 e. The van der Waals surface area contributed by atoms with Crippen LogP contribution in [0.3, 0.4) is 0 Å². The number of likely N-dealkylation sites (tertiary alicyclic amines) is 1. The maximum Gasteiger partial charge on any atom is 0.309 e. The van der Waals surface area contributed by atoms with Crippen molar-refractivity contribution in [2.45, 2.75) is 39.7 Å². The number of rotatable bonds is 5. The summed E-state index contributed by atoms with van der Waals surface area (Å²) in [6.07, 6.45) is 0.0746. The van der Waals surface area contributed by atoms with Gasteiger partial charge < -0.3 is 9.64 Å². The van der Waals surface area contributed by atoms with E-state index in [4.69, 9.17) is 4.74 Å². The number of esters is 1. The molecule has 1 atom stereocenters. The van der Waals surface area contributed by atoms with Gasteiger partial charge in [-0.3, -0.25) is 14.4 Å². The molecule has 0 saturated carbocycles. The number of nitrogens with zero attached hydrogens (tertiary/aromatic N) is 1. The second-order valence-electron chi connectivity index (χ2n) is 7.82. The third-order valence-corrected chi connectivity index (χ3v) is 5.66. The molecule has 0 unspecified atom stereocenters. The van der Waals surface area contributed by atoms with Crippen molar-refractivity contribution in [3.8, 4) is 0 Å². The number of carbonyl (C=O) groups excluding carboxylic acids is 3. The van der Waals surface area contributed by atoms with Crippen molar-refractivity contribution in [3.05, 3.63) is 70.5 Å². The second kappa shape index (κ2) is 9.20. The van der Waals surface area contributed by atoms with Gasteiger partial charge in [-0.05, 0) is 75.1 Å². The summed E-state index contributed by atoms with van der Waals surface area (Å²) in [5.74, 6) is -1.56. The normalized spacial score (nSPS) is 15.5.